The number of fused-ring (bicyclic) bond motifs is 1. The van der Waals surface area contributed by atoms with Gasteiger partial charge in [-0.25, -0.2) is 4.98 Å². The smallest absolute Gasteiger partial charge is 0.254 e. The molecule has 5 nitrogen and oxygen atoms in total. The molecular formula is C15H18N4O. The molecule has 0 atom stereocenters. The summed E-state index contributed by atoms with van der Waals surface area (Å²) in [6.45, 7) is 2.35. The zero-order valence-electron chi connectivity index (χ0n) is 11.5. The maximum atomic E-state index is 12.4. The highest BCUT2D eigenvalue weighted by Gasteiger charge is 2.16. The van der Waals surface area contributed by atoms with Crippen LogP contribution < -0.4 is 5.32 Å². The number of carbonyl (C=O) groups is 1. The van der Waals surface area contributed by atoms with Crippen molar-refractivity contribution in [1.82, 2.24) is 20.2 Å². The normalized spacial score (nSPS) is 13.8. The Balaban J connectivity index is 1.76. The van der Waals surface area contributed by atoms with Crippen LogP contribution in [-0.4, -0.2) is 34.4 Å². The highest BCUT2D eigenvalue weighted by atomic mass is 16.2. The second-order valence-corrected chi connectivity index (χ2v) is 5.11. The number of hydrogen-bond donors (Lipinski definition) is 2. The minimum atomic E-state index is 0.0229. The van der Waals surface area contributed by atoms with Gasteiger partial charge in [0, 0.05) is 31.5 Å². The first-order valence-electron chi connectivity index (χ1n) is 6.80. The van der Waals surface area contributed by atoms with E-state index in [2.05, 4.69) is 21.4 Å². The predicted molar refractivity (Wildman–Crippen MR) is 76.2 cm³/mol. The lowest BCUT2D eigenvalue weighted by Crippen LogP contribution is -2.28. The van der Waals surface area contributed by atoms with E-state index in [1.807, 2.05) is 12.1 Å². The van der Waals surface area contributed by atoms with Crippen LogP contribution in [0.15, 0.2) is 30.6 Å². The van der Waals surface area contributed by atoms with Gasteiger partial charge in [-0.1, -0.05) is 6.07 Å². The van der Waals surface area contributed by atoms with E-state index in [9.17, 15) is 4.79 Å². The molecule has 0 saturated carbocycles. The lowest BCUT2D eigenvalue weighted by atomic mass is 9.98. The average molecular weight is 270 g/mol. The van der Waals surface area contributed by atoms with Crippen LogP contribution in [0.3, 0.4) is 0 Å². The van der Waals surface area contributed by atoms with Crippen molar-refractivity contribution in [2.45, 2.75) is 19.5 Å². The largest absolute Gasteiger partial charge is 0.347 e. The molecule has 20 heavy (non-hydrogen) atoms. The summed E-state index contributed by atoms with van der Waals surface area (Å²) >= 11 is 0. The van der Waals surface area contributed by atoms with E-state index in [1.54, 1.807) is 24.3 Å². The van der Waals surface area contributed by atoms with E-state index in [0.29, 0.717) is 6.54 Å². The second-order valence-electron chi connectivity index (χ2n) is 5.11. The molecule has 0 bridgehead atoms. The van der Waals surface area contributed by atoms with Crippen LogP contribution >= 0.6 is 0 Å². The molecule has 1 aliphatic rings. The number of nitrogens with zero attached hydrogens (tertiary/aromatic N) is 2. The van der Waals surface area contributed by atoms with E-state index in [4.69, 9.17) is 0 Å². The van der Waals surface area contributed by atoms with Crippen LogP contribution in [-0.2, 0) is 19.5 Å². The molecule has 1 aromatic carbocycles. The van der Waals surface area contributed by atoms with Crippen molar-refractivity contribution >= 4 is 5.91 Å². The molecule has 104 valence electrons. The minimum Gasteiger partial charge on any atom is -0.347 e. The highest BCUT2D eigenvalue weighted by molar-refractivity contribution is 5.94. The third kappa shape index (κ3) is 2.58. The van der Waals surface area contributed by atoms with Gasteiger partial charge in [0.05, 0.1) is 6.54 Å². The number of H-pyrrole nitrogens is 1. The first-order chi connectivity index (χ1) is 9.74. The molecule has 0 unspecified atom stereocenters. The Bertz CT molecular complexity index is 606. The van der Waals surface area contributed by atoms with Crippen LogP contribution in [0.25, 0.3) is 0 Å². The molecule has 1 aromatic heterocycles. The molecule has 5 heteroatoms. The number of rotatable bonds is 3. The Hall–Kier alpha value is -2.14. The summed E-state index contributed by atoms with van der Waals surface area (Å²) in [4.78, 5) is 21.3. The molecule has 0 fully saturated rings. The van der Waals surface area contributed by atoms with Gasteiger partial charge in [-0.3, -0.25) is 4.79 Å². The monoisotopic (exact) mass is 270 g/mol. The summed E-state index contributed by atoms with van der Waals surface area (Å²) in [5.74, 6) is 0.815. The molecule has 0 spiro atoms. The standard InChI is InChI=1S/C15H18N4O/c1-19(10-14-17-6-7-18-14)15(20)12-3-2-11-4-5-16-9-13(11)8-12/h2-3,6-8,16H,4-5,9-10H2,1H3,(H,17,18). The molecule has 0 saturated heterocycles. The van der Waals surface area contributed by atoms with Crippen molar-refractivity contribution in [3.63, 3.8) is 0 Å². The molecule has 1 aliphatic heterocycles. The predicted octanol–water partition coefficient (Wildman–Crippen LogP) is 1.33. The van der Waals surface area contributed by atoms with Crippen LogP contribution in [0.1, 0.15) is 27.3 Å². The average Bonchev–Trinajstić information content (AvgIpc) is 2.99. The number of aromatic amines is 1. The van der Waals surface area contributed by atoms with Gasteiger partial charge in [0.2, 0.25) is 0 Å². The number of benzene rings is 1. The fourth-order valence-corrected chi connectivity index (χ4v) is 2.51. The van der Waals surface area contributed by atoms with E-state index >= 15 is 0 Å². The summed E-state index contributed by atoms with van der Waals surface area (Å²) in [5.41, 5.74) is 3.31. The Kier molecular flexibility index (Phi) is 3.52. The van der Waals surface area contributed by atoms with Gasteiger partial charge in [0.15, 0.2) is 0 Å². The highest BCUT2D eigenvalue weighted by Crippen LogP contribution is 2.17. The van der Waals surface area contributed by atoms with E-state index in [-0.39, 0.29) is 5.91 Å². The number of amides is 1. The first kappa shape index (κ1) is 12.9. The molecule has 0 radical (unpaired) electrons. The van der Waals surface area contributed by atoms with Gasteiger partial charge >= 0.3 is 0 Å². The van der Waals surface area contributed by atoms with Crippen molar-refractivity contribution in [2.24, 2.45) is 0 Å². The Labute approximate surface area is 118 Å². The second kappa shape index (κ2) is 5.46. The van der Waals surface area contributed by atoms with Crippen molar-refractivity contribution < 1.29 is 4.79 Å². The van der Waals surface area contributed by atoms with Gasteiger partial charge in [-0.05, 0) is 36.2 Å². The van der Waals surface area contributed by atoms with Gasteiger partial charge in [-0.2, -0.15) is 0 Å². The minimum absolute atomic E-state index is 0.0229. The Morgan fingerprint density at radius 1 is 1.40 bits per heavy atom. The lowest BCUT2D eigenvalue weighted by Gasteiger charge is -2.20. The summed E-state index contributed by atoms with van der Waals surface area (Å²) < 4.78 is 0. The maximum absolute atomic E-state index is 12.4. The van der Waals surface area contributed by atoms with Crippen LogP contribution in [0, 0.1) is 0 Å². The SMILES string of the molecule is CN(Cc1ncc[nH]1)C(=O)c1ccc2c(c1)CNCC2. The summed E-state index contributed by atoms with van der Waals surface area (Å²) in [5, 5.41) is 3.33. The van der Waals surface area contributed by atoms with E-state index in [1.165, 1.54) is 11.1 Å². The van der Waals surface area contributed by atoms with Gasteiger partial charge in [0.1, 0.15) is 5.82 Å². The number of aromatic nitrogens is 2. The van der Waals surface area contributed by atoms with E-state index in [0.717, 1.165) is 30.9 Å². The third-order valence-corrected chi connectivity index (χ3v) is 3.63. The van der Waals surface area contributed by atoms with E-state index < -0.39 is 0 Å². The molecule has 1 amide bonds. The summed E-state index contributed by atoms with van der Waals surface area (Å²) in [6, 6.07) is 6.00. The third-order valence-electron chi connectivity index (χ3n) is 3.63. The summed E-state index contributed by atoms with van der Waals surface area (Å²) in [6.07, 6.45) is 4.49. The number of imidazole rings is 1. The van der Waals surface area contributed by atoms with Crippen molar-refractivity contribution in [1.29, 1.82) is 0 Å². The van der Waals surface area contributed by atoms with Gasteiger partial charge < -0.3 is 15.2 Å². The van der Waals surface area contributed by atoms with Gasteiger partial charge in [-0.15, -0.1) is 0 Å². The summed E-state index contributed by atoms with van der Waals surface area (Å²) in [7, 11) is 1.79. The zero-order chi connectivity index (χ0) is 13.9. The first-order valence-corrected chi connectivity index (χ1v) is 6.80. The maximum Gasteiger partial charge on any atom is 0.254 e. The number of carbonyl (C=O) groups excluding carboxylic acids is 1. The van der Waals surface area contributed by atoms with Crippen molar-refractivity contribution in [3.05, 3.63) is 53.1 Å². The molecule has 2 heterocycles. The number of nitrogens with one attached hydrogen (secondary N) is 2. The van der Waals surface area contributed by atoms with Crippen molar-refractivity contribution in [3.8, 4) is 0 Å². The van der Waals surface area contributed by atoms with Crippen LogP contribution in [0.2, 0.25) is 0 Å². The fraction of sp³-hybridized carbons (Fsp3) is 0.333. The van der Waals surface area contributed by atoms with Crippen LogP contribution in [0.5, 0.6) is 0 Å². The van der Waals surface area contributed by atoms with Gasteiger partial charge in [0.25, 0.3) is 5.91 Å². The fourth-order valence-electron chi connectivity index (χ4n) is 2.51. The molecule has 2 aromatic rings. The zero-order valence-corrected chi connectivity index (χ0v) is 11.5. The molecule has 0 aliphatic carbocycles. The Morgan fingerprint density at radius 2 is 2.30 bits per heavy atom. The number of hydrogen-bond acceptors (Lipinski definition) is 3. The molecular weight excluding hydrogens is 252 g/mol. The lowest BCUT2D eigenvalue weighted by molar-refractivity contribution is 0.0781. The Morgan fingerprint density at radius 3 is 3.10 bits per heavy atom. The van der Waals surface area contributed by atoms with Crippen LogP contribution in [0.4, 0.5) is 0 Å². The topological polar surface area (TPSA) is 61.0 Å². The quantitative estimate of drug-likeness (QED) is 0.884. The molecule has 2 N–H and O–H groups in total. The molecule has 3 rings (SSSR count). The van der Waals surface area contributed by atoms with Crippen molar-refractivity contribution in [2.75, 3.05) is 13.6 Å².